The minimum absolute atomic E-state index is 0.0378. The van der Waals surface area contributed by atoms with E-state index >= 15 is 0 Å². The highest BCUT2D eigenvalue weighted by Crippen LogP contribution is 2.14. The predicted octanol–water partition coefficient (Wildman–Crippen LogP) is 1.42. The Labute approximate surface area is 90.8 Å². The lowest BCUT2D eigenvalue weighted by Gasteiger charge is -2.21. The minimum Gasteiger partial charge on any atom is -0.390 e. The highest BCUT2D eigenvalue weighted by Gasteiger charge is 2.04. The lowest BCUT2D eigenvalue weighted by molar-refractivity contribution is 0.277. The molecule has 15 heavy (non-hydrogen) atoms. The Kier molecular flexibility index (Phi) is 4.65. The highest BCUT2D eigenvalue weighted by molar-refractivity contribution is 5.47. The summed E-state index contributed by atoms with van der Waals surface area (Å²) >= 11 is 0. The van der Waals surface area contributed by atoms with E-state index in [2.05, 4.69) is 22.7 Å². The number of aliphatic hydroxyl groups excluding tert-OH is 1. The van der Waals surface area contributed by atoms with Gasteiger partial charge in [0, 0.05) is 18.4 Å². The molecule has 0 amide bonds. The average Bonchev–Trinajstić information content (AvgIpc) is 2.29. The molecule has 1 rings (SSSR count). The first-order valence-corrected chi connectivity index (χ1v) is 5.06. The van der Waals surface area contributed by atoms with Crippen LogP contribution in [0.25, 0.3) is 0 Å². The molecule has 0 radical (unpaired) electrons. The molecule has 3 nitrogen and oxygen atoms in total. The molecular formula is C12H16N2O. The van der Waals surface area contributed by atoms with Crippen molar-refractivity contribution in [1.82, 2.24) is 4.98 Å². The van der Waals surface area contributed by atoms with E-state index in [9.17, 15) is 0 Å². The molecule has 0 spiro atoms. The first-order chi connectivity index (χ1) is 7.31. The van der Waals surface area contributed by atoms with Crippen LogP contribution in [0.4, 0.5) is 5.69 Å². The van der Waals surface area contributed by atoms with E-state index in [1.54, 1.807) is 6.20 Å². The van der Waals surface area contributed by atoms with Crippen LogP contribution in [0.1, 0.15) is 19.0 Å². The van der Waals surface area contributed by atoms with Crippen molar-refractivity contribution in [2.24, 2.45) is 0 Å². The summed E-state index contributed by atoms with van der Waals surface area (Å²) in [5.74, 6) is 2.63. The van der Waals surface area contributed by atoms with Crippen LogP contribution in [0.15, 0.2) is 18.3 Å². The summed E-state index contributed by atoms with van der Waals surface area (Å²) in [6.07, 6.45) is 8.05. The van der Waals surface area contributed by atoms with Gasteiger partial charge in [0.15, 0.2) is 0 Å². The van der Waals surface area contributed by atoms with Crippen LogP contribution in [-0.2, 0) is 6.61 Å². The molecule has 1 aromatic heterocycles. The van der Waals surface area contributed by atoms with Crippen molar-refractivity contribution in [1.29, 1.82) is 0 Å². The van der Waals surface area contributed by atoms with Crippen LogP contribution in [0.2, 0.25) is 0 Å². The smallest absolute Gasteiger partial charge is 0.0853 e. The summed E-state index contributed by atoms with van der Waals surface area (Å²) in [6.45, 7) is 3.57. The van der Waals surface area contributed by atoms with Gasteiger partial charge in [0.1, 0.15) is 0 Å². The van der Waals surface area contributed by atoms with Gasteiger partial charge in [0.2, 0.25) is 0 Å². The van der Waals surface area contributed by atoms with Crippen LogP contribution in [0, 0.1) is 12.3 Å². The van der Waals surface area contributed by atoms with Gasteiger partial charge in [0.05, 0.1) is 18.8 Å². The van der Waals surface area contributed by atoms with E-state index < -0.39 is 0 Å². The Hall–Kier alpha value is -1.53. The van der Waals surface area contributed by atoms with Gasteiger partial charge in [-0.3, -0.25) is 4.98 Å². The SMILES string of the molecule is C#CCN(CCC)c1ccnc(CO)c1. The maximum absolute atomic E-state index is 8.98. The van der Waals surface area contributed by atoms with Crippen molar-refractivity contribution in [2.45, 2.75) is 20.0 Å². The second-order valence-corrected chi connectivity index (χ2v) is 3.29. The summed E-state index contributed by atoms with van der Waals surface area (Å²) in [5, 5.41) is 8.98. The van der Waals surface area contributed by atoms with E-state index in [0.29, 0.717) is 12.2 Å². The third-order valence-corrected chi connectivity index (χ3v) is 2.10. The zero-order valence-corrected chi connectivity index (χ0v) is 8.98. The highest BCUT2D eigenvalue weighted by atomic mass is 16.3. The fourth-order valence-corrected chi connectivity index (χ4v) is 1.43. The number of hydrogen-bond acceptors (Lipinski definition) is 3. The lowest BCUT2D eigenvalue weighted by atomic mass is 10.2. The van der Waals surface area contributed by atoms with Gasteiger partial charge < -0.3 is 10.0 Å². The Morgan fingerprint density at radius 2 is 2.40 bits per heavy atom. The number of terminal acetylenes is 1. The average molecular weight is 204 g/mol. The summed E-state index contributed by atoms with van der Waals surface area (Å²) in [4.78, 5) is 6.13. The number of aliphatic hydroxyl groups is 1. The molecule has 0 aromatic carbocycles. The normalized spacial score (nSPS) is 9.67. The van der Waals surface area contributed by atoms with E-state index in [1.165, 1.54) is 0 Å². The Balaban J connectivity index is 2.85. The number of aromatic nitrogens is 1. The van der Waals surface area contributed by atoms with Crippen LogP contribution >= 0.6 is 0 Å². The first kappa shape index (κ1) is 11.5. The zero-order valence-electron chi connectivity index (χ0n) is 8.98. The van der Waals surface area contributed by atoms with Crippen LogP contribution in [-0.4, -0.2) is 23.2 Å². The zero-order chi connectivity index (χ0) is 11.1. The van der Waals surface area contributed by atoms with Crippen molar-refractivity contribution in [3.63, 3.8) is 0 Å². The van der Waals surface area contributed by atoms with Gasteiger partial charge in [-0.05, 0) is 18.6 Å². The van der Waals surface area contributed by atoms with Gasteiger partial charge in [0.25, 0.3) is 0 Å². The summed E-state index contributed by atoms with van der Waals surface area (Å²) in [6, 6.07) is 3.78. The quantitative estimate of drug-likeness (QED) is 0.737. The Morgan fingerprint density at radius 1 is 1.60 bits per heavy atom. The van der Waals surface area contributed by atoms with Gasteiger partial charge in [-0.1, -0.05) is 12.8 Å². The van der Waals surface area contributed by atoms with Gasteiger partial charge in [-0.25, -0.2) is 0 Å². The van der Waals surface area contributed by atoms with Crippen molar-refractivity contribution >= 4 is 5.69 Å². The fraction of sp³-hybridized carbons (Fsp3) is 0.417. The molecule has 0 bridgehead atoms. The molecule has 1 heterocycles. The maximum Gasteiger partial charge on any atom is 0.0853 e. The maximum atomic E-state index is 8.98. The summed E-state index contributed by atoms with van der Waals surface area (Å²) in [5.41, 5.74) is 1.69. The fourth-order valence-electron chi connectivity index (χ4n) is 1.43. The molecule has 3 heteroatoms. The number of nitrogens with zero attached hydrogens (tertiary/aromatic N) is 2. The van der Waals surface area contributed by atoms with Crippen molar-refractivity contribution in [3.05, 3.63) is 24.0 Å². The van der Waals surface area contributed by atoms with E-state index in [-0.39, 0.29) is 6.61 Å². The molecule has 0 unspecified atom stereocenters. The van der Waals surface area contributed by atoms with Crippen molar-refractivity contribution in [2.75, 3.05) is 18.0 Å². The largest absolute Gasteiger partial charge is 0.390 e. The first-order valence-electron chi connectivity index (χ1n) is 5.06. The molecule has 0 saturated carbocycles. The molecular weight excluding hydrogens is 188 g/mol. The number of pyridine rings is 1. The summed E-state index contributed by atoms with van der Waals surface area (Å²) < 4.78 is 0. The Bertz CT molecular complexity index is 344. The second-order valence-electron chi connectivity index (χ2n) is 3.29. The molecule has 1 N–H and O–H groups in total. The lowest BCUT2D eigenvalue weighted by Crippen LogP contribution is -2.24. The molecule has 0 saturated heterocycles. The molecule has 0 aliphatic carbocycles. The van der Waals surface area contributed by atoms with Crippen LogP contribution in [0.5, 0.6) is 0 Å². The van der Waals surface area contributed by atoms with Crippen molar-refractivity contribution < 1.29 is 5.11 Å². The topological polar surface area (TPSA) is 36.4 Å². The van der Waals surface area contributed by atoms with Gasteiger partial charge in [-0.2, -0.15) is 0 Å². The predicted molar refractivity (Wildman–Crippen MR) is 61.5 cm³/mol. The van der Waals surface area contributed by atoms with Crippen molar-refractivity contribution in [3.8, 4) is 12.3 Å². The Morgan fingerprint density at radius 3 is 3.00 bits per heavy atom. The monoisotopic (exact) mass is 204 g/mol. The molecule has 0 aliphatic heterocycles. The number of anilines is 1. The molecule has 0 fully saturated rings. The number of rotatable bonds is 5. The van der Waals surface area contributed by atoms with Gasteiger partial charge in [-0.15, -0.1) is 6.42 Å². The molecule has 1 aromatic rings. The van der Waals surface area contributed by atoms with Gasteiger partial charge >= 0.3 is 0 Å². The second kappa shape index (κ2) is 6.05. The summed E-state index contributed by atoms with van der Waals surface area (Å²) in [7, 11) is 0. The third kappa shape index (κ3) is 3.26. The van der Waals surface area contributed by atoms with E-state index in [0.717, 1.165) is 18.7 Å². The standard InChI is InChI=1S/C12H16N2O/c1-3-7-14(8-4-2)12-5-6-13-11(9-12)10-15/h1,5-6,9,15H,4,7-8,10H2,2H3. The van der Waals surface area contributed by atoms with E-state index in [1.807, 2.05) is 12.1 Å². The number of hydrogen-bond donors (Lipinski definition) is 1. The van der Waals surface area contributed by atoms with Crippen LogP contribution < -0.4 is 4.90 Å². The molecule has 80 valence electrons. The third-order valence-electron chi connectivity index (χ3n) is 2.10. The van der Waals surface area contributed by atoms with Crippen LogP contribution in [0.3, 0.4) is 0 Å². The minimum atomic E-state index is -0.0378. The van der Waals surface area contributed by atoms with E-state index in [4.69, 9.17) is 11.5 Å². The molecule has 0 aliphatic rings. The molecule has 0 atom stereocenters.